The van der Waals surface area contributed by atoms with Gasteiger partial charge in [-0.1, -0.05) is 43.9 Å². The molecular weight excluding hydrogens is 406 g/mol. The molecule has 0 saturated heterocycles. The lowest BCUT2D eigenvalue weighted by Crippen LogP contribution is -1.89. The average Bonchev–Trinajstić information content (AvgIpc) is 3.49. The average molecular weight is 432 g/mol. The molecular formula is C28H25N5. The number of hydrogen-bond donors (Lipinski definition) is 2. The minimum atomic E-state index is 0.876. The van der Waals surface area contributed by atoms with E-state index in [9.17, 15) is 0 Å². The summed E-state index contributed by atoms with van der Waals surface area (Å²) in [5.41, 5.74) is 9.18. The first-order valence-electron chi connectivity index (χ1n) is 11.1. The molecule has 1 aromatic carbocycles. The topological polar surface area (TPSA) is 70.2 Å². The van der Waals surface area contributed by atoms with Crippen molar-refractivity contribution >= 4 is 27.4 Å². The van der Waals surface area contributed by atoms with Gasteiger partial charge in [0.2, 0.25) is 0 Å². The second-order valence-electron chi connectivity index (χ2n) is 7.90. The zero-order valence-corrected chi connectivity index (χ0v) is 18.8. The SMILES string of the molecule is C=C/C(=C\C(=C/C)c1cc2c(-c3cc4c(-c5cccnc5)cccc4[nH]3)n[nH]c2cn1)CC. The third-order valence-corrected chi connectivity index (χ3v) is 5.96. The molecule has 0 saturated carbocycles. The number of nitrogens with zero attached hydrogens (tertiary/aromatic N) is 3. The van der Waals surface area contributed by atoms with Crippen LogP contribution in [0.2, 0.25) is 0 Å². The summed E-state index contributed by atoms with van der Waals surface area (Å²) in [5.74, 6) is 0. The fourth-order valence-corrected chi connectivity index (χ4v) is 4.15. The zero-order valence-electron chi connectivity index (χ0n) is 18.8. The normalized spacial score (nSPS) is 12.5. The molecule has 0 amide bonds. The molecule has 0 radical (unpaired) electrons. The Kier molecular flexibility index (Phi) is 5.45. The van der Waals surface area contributed by atoms with Crippen LogP contribution >= 0.6 is 0 Å². The maximum Gasteiger partial charge on any atom is 0.116 e. The molecule has 33 heavy (non-hydrogen) atoms. The van der Waals surface area contributed by atoms with Crippen molar-refractivity contribution in [3.05, 3.63) is 97.1 Å². The Morgan fingerprint density at radius 2 is 1.97 bits per heavy atom. The molecule has 0 unspecified atom stereocenters. The number of rotatable bonds is 6. The molecule has 0 aliphatic rings. The van der Waals surface area contributed by atoms with Gasteiger partial charge in [0, 0.05) is 34.2 Å². The second kappa shape index (κ2) is 8.71. The molecule has 5 nitrogen and oxygen atoms in total. The molecule has 2 N–H and O–H groups in total. The summed E-state index contributed by atoms with van der Waals surface area (Å²) in [6, 6.07) is 14.6. The van der Waals surface area contributed by atoms with E-state index in [0.29, 0.717) is 0 Å². The number of aromatic amines is 2. The number of allylic oxidation sites excluding steroid dienone is 5. The van der Waals surface area contributed by atoms with Crippen LogP contribution in [-0.2, 0) is 0 Å². The van der Waals surface area contributed by atoms with E-state index in [2.05, 4.69) is 87.2 Å². The van der Waals surface area contributed by atoms with Crippen molar-refractivity contribution in [2.24, 2.45) is 0 Å². The first kappa shape index (κ1) is 20.6. The predicted octanol–water partition coefficient (Wildman–Crippen LogP) is 7.09. The van der Waals surface area contributed by atoms with E-state index in [4.69, 9.17) is 0 Å². The van der Waals surface area contributed by atoms with Gasteiger partial charge in [-0.15, -0.1) is 0 Å². The van der Waals surface area contributed by atoms with Crippen LogP contribution in [0.15, 0.2) is 91.4 Å². The lowest BCUT2D eigenvalue weighted by atomic mass is 10.0. The summed E-state index contributed by atoms with van der Waals surface area (Å²) >= 11 is 0. The fraction of sp³-hybridized carbons (Fsp3) is 0.107. The van der Waals surface area contributed by atoms with E-state index in [-0.39, 0.29) is 0 Å². The summed E-state index contributed by atoms with van der Waals surface area (Å²) in [7, 11) is 0. The third kappa shape index (κ3) is 3.78. The lowest BCUT2D eigenvalue weighted by molar-refractivity contribution is 1.11. The van der Waals surface area contributed by atoms with E-state index in [1.165, 1.54) is 5.57 Å². The highest BCUT2D eigenvalue weighted by atomic mass is 15.1. The number of fused-ring (bicyclic) bond motifs is 2. The molecule has 0 bridgehead atoms. The van der Waals surface area contributed by atoms with Gasteiger partial charge < -0.3 is 4.98 Å². The molecule has 5 heteroatoms. The van der Waals surface area contributed by atoms with E-state index in [1.807, 2.05) is 31.5 Å². The highest BCUT2D eigenvalue weighted by Gasteiger charge is 2.15. The minimum absolute atomic E-state index is 0.876. The van der Waals surface area contributed by atoms with Crippen LogP contribution in [0.4, 0.5) is 0 Å². The quantitative estimate of drug-likeness (QED) is 0.282. The molecule has 0 aliphatic carbocycles. The molecule has 4 aromatic heterocycles. The van der Waals surface area contributed by atoms with Crippen LogP contribution in [0.5, 0.6) is 0 Å². The van der Waals surface area contributed by atoms with Crippen molar-refractivity contribution in [2.75, 3.05) is 0 Å². The van der Waals surface area contributed by atoms with Crippen molar-refractivity contribution in [2.45, 2.75) is 20.3 Å². The summed E-state index contributed by atoms with van der Waals surface area (Å²) < 4.78 is 0. The van der Waals surface area contributed by atoms with Crippen LogP contribution in [0, 0.1) is 0 Å². The summed E-state index contributed by atoms with van der Waals surface area (Å²) in [4.78, 5) is 12.5. The Bertz CT molecular complexity index is 1520. The Labute approximate surface area is 192 Å². The van der Waals surface area contributed by atoms with Gasteiger partial charge in [0.25, 0.3) is 0 Å². The standard InChI is InChI=1S/C28H25N5/c1-4-18(5-2)13-19(6-3)25-15-23-27(17-30-25)32-33-28(23)26-14-22-21(10-7-11-24(22)31-26)20-9-8-12-29-16-20/h4,6-17,31H,1,5H2,2-3H3,(H,32,33)/b18-13+,19-6+. The first-order valence-corrected chi connectivity index (χ1v) is 11.1. The van der Waals surface area contributed by atoms with Crippen molar-refractivity contribution in [3.8, 4) is 22.5 Å². The maximum atomic E-state index is 4.67. The number of hydrogen-bond acceptors (Lipinski definition) is 3. The number of H-pyrrole nitrogens is 2. The monoisotopic (exact) mass is 431 g/mol. The highest BCUT2D eigenvalue weighted by molar-refractivity contribution is 6.01. The number of nitrogens with one attached hydrogen (secondary N) is 2. The van der Waals surface area contributed by atoms with Crippen molar-refractivity contribution in [1.29, 1.82) is 0 Å². The summed E-state index contributed by atoms with van der Waals surface area (Å²) in [6.07, 6.45) is 12.6. The summed E-state index contributed by atoms with van der Waals surface area (Å²) in [6.45, 7) is 8.08. The van der Waals surface area contributed by atoms with Crippen LogP contribution in [0.1, 0.15) is 26.0 Å². The van der Waals surface area contributed by atoms with Gasteiger partial charge in [0.1, 0.15) is 5.69 Å². The molecule has 5 rings (SSSR count). The van der Waals surface area contributed by atoms with Crippen molar-refractivity contribution < 1.29 is 0 Å². The Morgan fingerprint density at radius 3 is 2.73 bits per heavy atom. The molecule has 0 aliphatic heterocycles. The number of pyridine rings is 2. The van der Waals surface area contributed by atoms with Gasteiger partial charge in [-0.3, -0.25) is 15.1 Å². The molecule has 0 atom stereocenters. The fourth-order valence-electron chi connectivity index (χ4n) is 4.15. The van der Waals surface area contributed by atoms with Crippen LogP contribution in [0.3, 0.4) is 0 Å². The summed E-state index contributed by atoms with van der Waals surface area (Å²) in [5, 5.41) is 9.92. The van der Waals surface area contributed by atoms with Gasteiger partial charge >= 0.3 is 0 Å². The highest BCUT2D eigenvalue weighted by Crippen LogP contribution is 2.34. The van der Waals surface area contributed by atoms with E-state index < -0.39 is 0 Å². The molecule has 5 aromatic rings. The Hall–Kier alpha value is -4.25. The van der Waals surface area contributed by atoms with Crippen LogP contribution in [-0.4, -0.2) is 25.1 Å². The third-order valence-electron chi connectivity index (χ3n) is 5.96. The molecule has 162 valence electrons. The van der Waals surface area contributed by atoms with Crippen LogP contribution in [0.25, 0.3) is 49.9 Å². The largest absolute Gasteiger partial charge is 0.353 e. The Balaban J connectivity index is 1.63. The van der Waals surface area contributed by atoms with Gasteiger partial charge in [-0.05, 0) is 60.4 Å². The number of benzene rings is 1. The van der Waals surface area contributed by atoms with Crippen molar-refractivity contribution in [3.63, 3.8) is 0 Å². The molecule has 4 heterocycles. The smallest absolute Gasteiger partial charge is 0.116 e. The maximum absolute atomic E-state index is 4.67. The second-order valence-corrected chi connectivity index (χ2v) is 7.90. The van der Waals surface area contributed by atoms with Gasteiger partial charge in [0.05, 0.1) is 23.1 Å². The van der Waals surface area contributed by atoms with Gasteiger partial charge in [-0.2, -0.15) is 5.10 Å². The first-order chi connectivity index (χ1) is 16.2. The number of aromatic nitrogens is 5. The Morgan fingerprint density at radius 1 is 1.06 bits per heavy atom. The van der Waals surface area contributed by atoms with E-state index in [1.54, 1.807) is 6.20 Å². The van der Waals surface area contributed by atoms with Crippen molar-refractivity contribution in [1.82, 2.24) is 25.1 Å². The predicted molar refractivity (Wildman–Crippen MR) is 137 cm³/mol. The van der Waals surface area contributed by atoms with E-state index in [0.717, 1.165) is 62.0 Å². The van der Waals surface area contributed by atoms with E-state index >= 15 is 0 Å². The zero-order chi connectivity index (χ0) is 22.8. The lowest BCUT2D eigenvalue weighted by Gasteiger charge is -2.04. The molecule has 0 fully saturated rings. The van der Waals surface area contributed by atoms with Gasteiger partial charge in [-0.25, -0.2) is 0 Å². The van der Waals surface area contributed by atoms with Gasteiger partial charge in [0.15, 0.2) is 0 Å². The van der Waals surface area contributed by atoms with Crippen LogP contribution < -0.4 is 0 Å². The minimum Gasteiger partial charge on any atom is -0.353 e. The molecule has 0 spiro atoms.